The maximum atomic E-state index is 6.29. The van der Waals surface area contributed by atoms with Gasteiger partial charge in [-0.05, 0) is 48.0 Å². The Bertz CT molecular complexity index is 454. The van der Waals surface area contributed by atoms with Crippen LogP contribution < -0.4 is 4.90 Å². The molecule has 0 N–H and O–H groups in total. The third kappa shape index (κ3) is 2.89. The monoisotopic (exact) mass is 343 g/mol. The molecule has 0 unspecified atom stereocenters. The van der Waals surface area contributed by atoms with Crippen LogP contribution in [0.2, 0.25) is 5.15 Å². The molecule has 0 amide bonds. The average molecular weight is 345 g/mol. The largest absolute Gasteiger partial charge is 0.341 e. The zero-order chi connectivity index (χ0) is 13.2. The van der Waals surface area contributed by atoms with Crippen LogP contribution >= 0.6 is 27.5 Å². The van der Waals surface area contributed by atoms with Crippen LogP contribution in [0.15, 0.2) is 4.47 Å². The number of rotatable bonds is 2. The fourth-order valence-electron chi connectivity index (χ4n) is 3.13. The van der Waals surface area contributed by atoms with Gasteiger partial charge >= 0.3 is 0 Å². The van der Waals surface area contributed by atoms with Gasteiger partial charge in [0.05, 0.1) is 10.2 Å². The molecule has 1 aromatic rings. The minimum atomic E-state index is 0.554. The molecule has 5 heteroatoms. The van der Waals surface area contributed by atoms with Crippen LogP contribution in [-0.4, -0.2) is 23.1 Å². The van der Waals surface area contributed by atoms with Gasteiger partial charge in [0, 0.05) is 19.0 Å². The van der Waals surface area contributed by atoms with Gasteiger partial charge in [-0.15, -0.1) is 0 Å². The van der Waals surface area contributed by atoms with Crippen LogP contribution in [0.3, 0.4) is 0 Å². The lowest BCUT2D eigenvalue weighted by Gasteiger charge is -2.27. The Morgan fingerprint density at radius 2 is 1.68 bits per heavy atom. The van der Waals surface area contributed by atoms with Crippen molar-refractivity contribution in [2.24, 2.45) is 0 Å². The molecule has 19 heavy (non-hydrogen) atoms. The number of anilines is 1. The molecule has 0 atom stereocenters. The number of aromatic nitrogens is 2. The van der Waals surface area contributed by atoms with Crippen molar-refractivity contribution in [2.45, 2.75) is 50.9 Å². The lowest BCUT2D eigenvalue weighted by atomic mass is 10.0. The summed E-state index contributed by atoms with van der Waals surface area (Å²) < 4.78 is 0.904. The van der Waals surface area contributed by atoms with Crippen molar-refractivity contribution in [1.82, 2.24) is 9.97 Å². The Morgan fingerprint density at radius 1 is 1.00 bits per heavy atom. The second-order valence-electron chi connectivity index (χ2n) is 5.54. The zero-order valence-electron chi connectivity index (χ0n) is 11.0. The number of hydrogen-bond donors (Lipinski definition) is 0. The van der Waals surface area contributed by atoms with Crippen molar-refractivity contribution in [3.63, 3.8) is 0 Å². The Labute approximate surface area is 127 Å². The van der Waals surface area contributed by atoms with Crippen molar-refractivity contribution in [1.29, 1.82) is 0 Å². The summed E-state index contributed by atoms with van der Waals surface area (Å²) >= 11 is 9.86. The first-order valence-corrected chi connectivity index (χ1v) is 8.40. The SMILES string of the molecule is Clc1nc(N2CCCCC2)nc(C2CCCC2)c1Br. The average Bonchev–Trinajstić information content (AvgIpc) is 2.96. The van der Waals surface area contributed by atoms with Gasteiger partial charge in [-0.3, -0.25) is 0 Å². The quantitative estimate of drug-likeness (QED) is 0.738. The van der Waals surface area contributed by atoms with Gasteiger partial charge in [0.25, 0.3) is 0 Å². The summed E-state index contributed by atoms with van der Waals surface area (Å²) in [7, 11) is 0. The molecule has 2 fully saturated rings. The molecule has 0 radical (unpaired) electrons. The van der Waals surface area contributed by atoms with Crippen LogP contribution in [0, 0.1) is 0 Å². The molecule has 1 aliphatic heterocycles. The molecule has 1 aromatic heterocycles. The maximum Gasteiger partial charge on any atom is 0.227 e. The third-order valence-corrected chi connectivity index (χ3v) is 5.49. The predicted molar refractivity (Wildman–Crippen MR) is 82.0 cm³/mol. The molecule has 1 aliphatic carbocycles. The van der Waals surface area contributed by atoms with E-state index in [4.69, 9.17) is 16.6 Å². The van der Waals surface area contributed by atoms with Gasteiger partial charge in [-0.25, -0.2) is 4.98 Å². The molecular formula is C14H19BrClN3. The standard InChI is InChI=1S/C14H19BrClN3/c15-11-12(10-6-2-3-7-10)17-14(18-13(11)16)19-8-4-1-5-9-19/h10H,1-9H2. The van der Waals surface area contributed by atoms with Crippen LogP contribution in [0.5, 0.6) is 0 Å². The highest BCUT2D eigenvalue weighted by molar-refractivity contribution is 9.10. The Kier molecular flexibility index (Phi) is 4.27. The topological polar surface area (TPSA) is 29.0 Å². The third-order valence-electron chi connectivity index (χ3n) is 4.21. The molecule has 0 bridgehead atoms. The highest BCUT2D eigenvalue weighted by atomic mass is 79.9. The number of halogens is 2. The molecule has 1 saturated heterocycles. The highest BCUT2D eigenvalue weighted by Gasteiger charge is 2.25. The van der Waals surface area contributed by atoms with Crippen molar-refractivity contribution < 1.29 is 0 Å². The van der Waals surface area contributed by atoms with Crippen LogP contribution in [0.4, 0.5) is 5.95 Å². The summed E-state index contributed by atoms with van der Waals surface area (Å²) in [6, 6.07) is 0. The molecule has 3 rings (SSSR count). The molecule has 1 saturated carbocycles. The van der Waals surface area contributed by atoms with E-state index in [1.165, 1.54) is 44.9 Å². The van der Waals surface area contributed by atoms with Crippen molar-refractivity contribution in [3.8, 4) is 0 Å². The predicted octanol–water partition coefficient (Wildman–Crippen LogP) is 4.54. The van der Waals surface area contributed by atoms with Crippen molar-refractivity contribution in [2.75, 3.05) is 18.0 Å². The van der Waals surface area contributed by atoms with Gasteiger partial charge in [0.15, 0.2) is 0 Å². The van der Waals surface area contributed by atoms with Gasteiger partial charge in [-0.2, -0.15) is 4.98 Å². The minimum absolute atomic E-state index is 0.554. The molecule has 3 nitrogen and oxygen atoms in total. The summed E-state index contributed by atoms with van der Waals surface area (Å²) in [6.45, 7) is 2.12. The second-order valence-corrected chi connectivity index (χ2v) is 6.69. The van der Waals surface area contributed by atoms with E-state index >= 15 is 0 Å². The summed E-state index contributed by atoms with van der Waals surface area (Å²) in [6.07, 6.45) is 8.84. The van der Waals surface area contributed by atoms with E-state index in [9.17, 15) is 0 Å². The lowest BCUT2D eigenvalue weighted by Crippen LogP contribution is -2.31. The Balaban J connectivity index is 1.92. The molecule has 2 aliphatic rings. The zero-order valence-corrected chi connectivity index (χ0v) is 13.4. The fourth-order valence-corrected chi connectivity index (χ4v) is 3.80. The fraction of sp³-hybridized carbons (Fsp3) is 0.714. The minimum Gasteiger partial charge on any atom is -0.341 e. The first kappa shape index (κ1) is 13.6. The normalized spacial score (nSPS) is 21.1. The van der Waals surface area contributed by atoms with E-state index in [0.717, 1.165) is 29.2 Å². The molecule has 104 valence electrons. The number of nitrogens with zero attached hydrogens (tertiary/aromatic N) is 3. The maximum absolute atomic E-state index is 6.29. The first-order chi connectivity index (χ1) is 9.25. The van der Waals surface area contributed by atoms with E-state index in [2.05, 4.69) is 25.8 Å². The van der Waals surface area contributed by atoms with Crippen molar-refractivity contribution in [3.05, 3.63) is 15.3 Å². The van der Waals surface area contributed by atoms with Crippen molar-refractivity contribution >= 4 is 33.5 Å². The second kappa shape index (κ2) is 5.96. The summed E-state index contributed by atoms with van der Waals surface area (Å²) in [5.74, 6) is 1.38. The van der Waals surface area contributed by atoms with Crippen LogP contribution in [0.25, 0.3) is 0 Å². The van der Waals surface area contributed by atoms with Gasteiger partial charge in [0.2, 0.25) is 5.95 Å². The smallest absolute Gasteiger partial charge is 0.227 e. The Hall–Kier alpha value is -0.350. The summed E-state index contributed by atoms with van der Waals surface area (Å²) in [4.78, 5) is 11.6. The van der Waals surface area contributed by atoms with E-state index in [1.807, 2.05) is 0 Å². The molecule has 2 heterocycles. The first-order valence-electron chi connectivity index (χ1n) is 7.23. The molecular weight excluding hydrogens is 326 g/mol. The van der Waals surface area contributed by atoms with Gasteiger partial charge < -0.3 is 4.90 Å². The van der Waals surface area contributed by atoms with E-state index in [-0.39, 0.29) is 0 Å². The number of piperidine rings is 1. The van der Waals surface area contributed by atoms with E-state index in [1.54, 1.807) is 0 Å². The molecule has 0 aromatic carbocycles. The lowest BCUT2D eigenvalue weighted by molar-refractivity contribution is 0.565. The summed E-state index contributed by atoms with van der Waals surface area (Å²) in [5, 5.41) is 0.567. The highest BCUT2D eigenvalue weighted by Crippen LogP contribution is 2.39. The van der Waals surface area contributed by atoms with Gasteiger partial charge in [0.1, 0.15) is 5.15 Å². The van der Waals surface area contributed by atoms with Crippen LogP contribution in [0.1, 0.15) is 56.6 Å². The molecule has 0 spiro atoms. The summed E-state index contributed by atoms with van der Waals surface area (Å²) in [5.41, 5.74) is 1.12. The van der Waals surface area contributed by atoms with Gasteiger partial charge in [-0.1, -0.05) is 24.4 Å². The number of hydrogen-bond acceptors (Lipinski definition) is 3. The van der Waals surface area contributed by atoms with Crippen LogP contribution in [-0.2, 0) is 0 Å². The Morgan fingerprint density at radius 3 is 2.37 bits per heavy atom. The van der Waals surface area contributed by atoms with E-state index < -0.39 is 0 Å². The van der Waals surface area contributed by atoms with E-state index in [0.29, 0.717) is 11.1 Å².